The minimum atomic E-state index is -0.229. The smallest absolute Gasteiger partial charge is 0.232 e. The molecule has 1 aromatic carbocycles. The highest BCUT2D eigenvalue weighted by Gasteiger charge is 2.20. The average molecular weight is 330 g/mol. The second-order valence-electron chi connectivity index (χ2n) is 4.35. The number of thioether (sulfide) groups is 1. The Labute approximate surface area is 120 Å². The van der Waals surface area contributed by atoms with Crippen LogP contribution in [-0.4, -0.2) is 40.9 Å². The molecule has 0 aliphatic carbocycles. The molecular formula is C13H16BrNO2S. The Kier molecular flexibility index (Phi) is 5.09. The topological polar surface area (TPSA) is 40.5 Å². The van der Waals surface area contributed by atoms with Crippen molar-refractivity contribution in [2.45, 2.75) is 23.8 Å². The summed E-state index contributed by atoms with van der Waals surface area (Å²) in [5.74, 6) is 0.632. The van der Waals surface area contributed by atoms with Crippen molar-refractivity contribution in [3.8, 4) is 0 Å². The number of amides is 1. The Balaban J connectivity index is 1.79. The Hall–Kier alpha value is -0.520. The van der Waals surface area contributed by atoms with Crippen LogP contribution in [0.4, 0.5) is 0 Å². The molecule has 98 valence electrons. The lowest BCUT2D eigenvalue weighted by molar-refractivity contribution is -0.130. The fourth-order valence-corrected chi connectivity index (χ4v) is 2.95. The lowest BCUT2D eigenvalue weighted by Gasteiger charge is -2.29. The number of aliphatic hydroxyl groups excluding tert-OH is 1. The highest BCUT2D eigenvalue weighted by atomic mass is 79.9. The van der Waals surface area contributed by atoms with Crippen molar-refractivity contribution in [3.63, 3.8) is 0 Å². The third kappa shape index (κ3) is 4.00. The number of benzene rings is 1. The van der Waals surface area contributed by atoms with Crippen molar-refractivity contribution < 1.29 is 9.90 Å². The van der Waals surface area contributed by atoms with Gasteiger partial charge in [0.05, 0.1) is 11.9 Å². The fourth-order valence-electron chi connectivity index (χ4n) is 1.88. The van der Waals surface area contributed by atoms with Crippen LogP contribution < -0.4 is 0 Å². The zero-order valence-electron chi connectivity index (χ0n) is 10.0. The molecule has 3 nitrogen and oxygen atoms in total. The standard InChI is InChI=1S/C13H16BrNO2S/c14-10-1-3-12(4-2-10)18-9-13(17)15-7-5-11(16)6-8-15/h1-4,11,16H,5-9H2. The summed E-state index contributed by atoms with van der Waals surface area (Å²) < 4.78 is 1.04. The van der Waals surface area contributed by atoms with E-state index < -0.39 is 0 Å². The number of nitrogens with zero attached hydrogens (tertiary/aromatic N) is 1. The van der Waals surface area contributed by atoms with E-state index in [4.69, 9.17) is 0 Å². The number of likely N-dealkylation sites (tertiary alicyclic amines) is 1. The normalized spacial score (nSPS) is 16.9. The van der Waals surface area contributed by atoms with Gasteiger partial charge in [-0.25, -0.2) is 0 Å². The quantitative estimate of drug-likeness (QED) is 0.866. The molecule has 0 saturated carbocycles. The molecule has 1 fully saturated rings. The first kappa shape index (κ1) is 13.9. The van der Waals surface area contributed by atoms with Gasteiger partial charge in [-0.15, -0.1) is 11.8 Å². The van der Waals surface area contributed by atoms with Gasteiger partial charge in [0, 0.05) is 22.5 Å². The molecule has 18 heavy (non-hydrogen) atoms. The van der Waals surface area contributed by atoms with Crippen LogP contribution in [0, 0.1) is 0 Å². The van der Waals surface area contributed by atoms with Crippen molar-refractivity contribution in [1.29, 1.82) is 0 Å². The molecule has 0 spiro atoms. The Morgan fingerprint density at radius 3 is 2.56 bits per heavy atom. The number of halogens is 1. The summed E-state index contributed by atoms with van der Waals surface area (Å²) in [6, 6.07) is 7.96. The highest BCUT2D eigenvalue weighted by molar-refractivity contribution is 9.10. The second kappa shape index (κ2) is 6.59. The van der Waals surface area contributed by atoms with Crippen LogP contribution in [-0.2, 0) is 4.79 Å². The van der Waals surface area contributed by atoms with Gasteiger partial charge in [-0.2, -0.15) is 0 Å². The van der Waals surface area contributed by atoms with E-state index in [1.807, 2.05) is 29.2 Å². The molecule has 1 aromatic rings. The molecule has 1 N–H and O–H groups in total. The molecule has 1 heterocycles. The molecule has 0 unspecified atom stereocenters. The highest BCUT2D eigenvalue weighted by Crippen LogP contribution is 2.21. The van der Waals surface area contributed by atoms with Gasteiger partial charge in [0.25, 0.3) is 0 Å². The van der Waals surface area contributed by atoms with Crippen LogP contribution in [0.1, 0.15) is 12.8 Å². The van der Waals surface area contributed by atoms with Gasteiger partial charge in [-0.05, 0) is 37.1 Å². The molecule has 0 radical (unpaired) electrons. The van der Waals surface area contributed by atoms with Crippen LogP contribution in [0.25, 0.3) is 0 Å². The Bertz CT molecular complexity index is 402. The third-order valence-corrected chi connectivity index (χ3v) is 4.52. The van der Waals surface area contributed by atoms with Crippen molar-refractivity contribution in [1.82, 2.24) is 4.90 Å². The number of hydrogen-bond donors (Lipinski definition) is 1. The first-order valence-corrected chi connectivity index (χ1v) is 7.77. The zero-order chi connectivity index (χ0) is 13.0. The van der Waals surface area contributed by atoms with E-state index >= 15 is 0 Å². The molecular weight excluding hydrogens is 314 g/mol. The monoisotopic (exact) mass is 329 g/mol. The van der Waals surface area contributed by atoms with Crippen molar-refractivity contribution in [2.75, 3.05) is 18.8 Å². The number of carbonyl (C=O) groups excluding carboxylic acids is 1. The summed E-state index contributed by atoms with van der Waals surface area (Å²) in [5, 5.41) is 9.40. The minimum absolute atomic E-state index is 0.162. The maximum Gasteiger partial charge on any atom is 0.232 e. The molecule has 1 saturated heterocycles. The number of aliphatic hydroxyl groups is 1. The molecule has 5 heteroatoms. The maximum atomic E-state index is 12.0. The first-order chi connectivity index (χ1) is 8.65. The van der Waals surface area contributed by atoms with Gasteiger partial charge >= 0.3 is 0 Å². The van der Waals surface area contributed by atoms with Crippen molar-refractivity contribution >= 4 is 33.6 Å². The van der Waals surface area contributed by atoms with Gasteiger partial charge in [-0.3, -0.25) is 4.79 Å². The maximum absolute atomic E-state index is 12.0. The van der Waals surface area contributed by atoms with E-state index in [2.05, 4.69) is 15.9 Å². The van der Waals surface area contributed by atoms with Gasteiger partial charge in [0.15, 0.2) is 0 Å². The number of piperidine rings is 1. The van der Waals surface area contributed by atoms with Crippen LogP contribution in [0.15, 0.2) is 33.6 Å². The van der Waals surface area contributed by atoms with Gasteiger partial charge in [-0.1, -0.05) is 15.9 Å². The average Bonchev–Trinajstić information content (AvgIpc) is 2.38. The van der Waals surface area contributed by atoms with Crippen molar-refractivity contribution in [2.24, 2.45) is 0 Å². The zero-order valence-corrected chi connectivity index (χ0v) is 12.4. The van der Waals surface area contributed by atoms with E-state index in [9.17, 15) is 9.90 Å². The lowest BCUT2D eigenvalue weighted by atomic mass is 10.1. The molecule has 0 bridgehead atoms. The Morgan fingerprint density at radius 2 is 1.94 bits per heavy atom. The molecule has 2 rings (SSSR count). The van der Waals surface area contributed by atoms with Crippen LogP contribution in [0.2, 0.25) is 0 Å². The Morgan fingerprint density at radius 1 is 1.33 bits per heavy atom. The van der Waals surface area contributed by atoms with E-state index in [0.717, 1.165) is 9.37 Å². The first-order valence-electron chi connectivity index (χ1n) is 5.99. The minimum Gasteiger partial charge on any atom is -0.393 e. The predicted molar refractivity (Wildman–Crippen MR) is 76.7 cm³/mol. The fraction of sp³-hybridized carbons (Fsp3) is 0.462. The van der Waals surface area contributed by atoms with Crippen molar-refractivity contribution in [3.05, 3.63) is 28.7 Å². The molecule has 1 amide bonds. The summed E-state index contributed by atoms with van der Waals surface area (Å²) in [5.41, 5.74) is 0. The number of hydrogen-bond acceptors (Lipinski definition) is 3. The molecule has 0 aromatic heterocycles. The predicted octanol–water partition coefficient (Wildman–Crippen LogP) is 2.52. The summed E-state index contributed by atoms with van der Waals surface area (Å²) >= 11 is 4.94. The SMILES string of the molecule is O=C(CSc1ccc(Br)cc1)N1CCC(O)CC1. The van der Waals surface area contributed by atoms with E-state index in [1.165, 1.54) is 0 Å². The largest absolute Gasteiger partial charge is 0.393 e. The molecule has 1 aliphatic rings. The van der Waals surface area contributed by atoms with Gasteiger partial charge < -0.3 is 10.0 Å². The number of rotatable bonds is 3. The summed E-state index contributed by atoms with van der Waals surface area (Å²) in [4.78, 5) is 14.9. The van der Waals surface area contributed by atoms with Gasteiger partial charge in [0.1, 0.15) is 0 Å². The number of carbonyl (C=O) groups is 1. The second-order valence-corrected chi connectivity index (χ2v) is 6.32. The van der Waals surface area contributed by atoms with Crippen LogP contribution >= 0.6 is 27.7 Å². The van der Waals surface area contributed by atoms with Crippen LogP contribution in [0.3, 0.4) is 0 Å². The summed E-state index contributed by atoms with van der Waals surface area (Å²) in [7, 11) is 0. The van der Waals surface area contributed by atoms with E-state index in [1.54, 1.807) is 11.8 Å². The third-order valence-electron chi connectivity index (χ3n) is 2.99. The summed E-state index contributed by atoms with van der Waals surface area (Å²) in [6.45, 7) is 1.36. The molecule has 0 atom stereocenters. The van der Waals surface area contributed by atoms with E-state index in [0.29, 0.717) is 31.7 Å². The lowest BCUT2D eigenvalue weighted by Crippen LogP contribution is -2.40. The summed E-state index contributed by atoms with van der Waals surface area (Å²) in [6.07, 6.45) is 1.18. The molecule has 1 aliphatic heterocycles. The van der Waals surface area contributed by atoms with Crippen LogP contribution in [0.5, 0.6) is 0 Å². The van der Waals surface area contributed by atoms with E-state index in [-0.39, 0.29) is 12.0 Å². The van der Waals surface area contributed by atoms with Gasteiger partial charge in [0.2, 0.25) is 5.91 Å².